The SMILES string of the molecule is CCCCOP(=O)(OCCCC)OC1OC(COC(=O)OCC2c3ccccc3-c3ccccc32)C(OCc2ccccc2)C(OCc2ccccc2)C1OC(=O)C(C)(C)C. The van der Waals surface area contributed by atoms with Gasteiger partial charge in [0.25, 0.3) is 0 Å². The van der Waals surface area contributed by atoms with Gasteiger partial charge < -0.3 is 28.4 Å². The van der Waals surface area contributed by atoms with Crippen molar-refractivity contribution in [1.82, 2.24) is 0 Å². The van der Waals surface area contributed by atoms with E-state index in [1.165, 1.54) is 0 Å². The van der Waals surface area contributed by atoms with E-state index >= 15 is 0 Å². The first-order valence-corrected chi connectivity index (χ1v) is 22.7. The lowest BCUT2D eigenvalue weighted by Crippen LogP contribution is -2.62. The molecule has 1 saturated heterocycles. The Morgan fingerprint density at radius 2 is 1.13 bits per heavy atom. The second-order valence-corrected chi connectivity index (χ2v) is 17.8. The van der Waals surface area contributed by atoms with Crippen LogP contribution in [0.25, 0.3) is 11.1 Å². The van der Waals surface area contributed by atoms with Crippen LogP contribution in [0, 0.1) is 5.41 Å². The zero-order valence-electron chi connectivity index (χ0n) is 35.8. The van der Waals surface area contributed by atoms with Crippen LogP contribution in [0.3, 0.4) is 0 Å². The van der Waals surface area contributed by atoms with Gasteiger partial charge in [-0.25, -0.2) is 9.36 Å². The number of phosphoric ester groups is 1. The van der Waals surface area contributed by atoms with E-state index in [1.807, 2.05) is 111 Å². The van der Waals surface area contributed by atoms with Gasteiger partial charge in [0.1, 0.15) is 31.5 Å². The Morgan fingerprint density at radius 3 is 1.66 bits per heavy atom. The zero-order valence-corrected chi connectivity index (χ0v) is 36.7. The van der Waals surface area contributed by atoms with Gasteiger partial charge in [0.2, 0.25) is 6.29 Å². The predicted molar refractivity (Wildman–Crippen MR) is 229 cm³/mol. The number of carbonyl (C=O) groups excluding carboxylic acids is 2. The van der Waals surface area contributed by atoms with Crippen LogP contribution in [0.2, 0.25) is 0 Å². The molecule has 1 fully saturated rings. The van der Waals surface area contributed by atoms with E-state index in [9.17, 15) is 14.2 Å². The molecule has 0 radical (unpaired) electrons. The molecule has 12 nitrogen and oxygen atoms in total. The lowest BCUT2D eigenvalue weighted by molar-refractivity contribution is -0.305. The van der Waals surface area contributed by atoms with Crippen molar-refractivity contribution in [3.05, 3.63) is 131 Å². The van der Waals surface area contributed by atoms with Crippen molar-refractivity contribution in [1.29, 1.82) is 0 Å². The van der Waals surface area contributed by atoms with Crippen LogP contribution in [0.4, 0.5) is 4.79 Å². The number of hydrogen-bond acceptors (Lipinski definition) is 12. The Morgan fingerprint density at radius 1 is 0.639 bits per heavy atom. The van der Waals surface area contributed by atoms with E-state index in [4.69, 9.17) is 42.0 Å². The van der Waals surface area contributed by atoms with Crippen molar-refractivity contribution in [3.8, 4) is 11.1 Å². The van der Waals surface area contributed by atoms with E-state index in [1.54, 1.807) is 20.8 Å². The van der Waals surface area contributed by atoms with Gasteiger partial charge in [-0.3, -0.25) is 18.4 Å². The summed E-state index contributed by atoms with van der Waals surface area (Å²) >= 11 is 0. The van der Waals surface area contributed by atoms with Crippen LogP contribution in [0.5, 0.6) is 0 Å². The fourth-order valence-corrected chi connectivity index (χ4v) is 8.42. The van der Waals surface area contributed by atoms with Gasteiger partial charge >= 0.3 is 19.9 Å². The summed E-state index contributed by atoms with van der Waals surface area (Å²) in [5.74, 6) is -0.777. The van der Waals surface area contributed by atoms with Crippen molar-refractivity contribution >= 4 is 19.9 Å². The molecule has 0 amide bonds. The van der Waals surface area contributed by atoms with Gasteiger partial charge in [0, 0.05) is 5.92 Å². The second-order valence-electron chi connectivity index (χ2n) is 16.2. The van der Waals surface area contributed by atoms with Crippen molar-refractivity contribution in [2.45, 2.75) is 110 Å². The molecule has 4 aromatic rings. The highest BCUT2D eigenvalue weighted by molar-refractivity contribution is 7.48. The molecule has 328 valence electrons. The summed E-state index contributed by atoms with van der Waals surface area (Å²) < 4.78 is 69.9. The minimum atomic E-state index is -4.34. The second kappa shape index (κ2) is 22.1. The lowest BCUT2D eigenvalue weighted by atomic mass is 9.95. The molecule has 0 spiro atoms. The first-order valence-electron chi connectivity index (χ1n) is 21.2. The molecule has 5 atom stereocenters. The Bertz CT molecular complexity index is 1980. The Balaban J connectivity index is 1.31. The van der Waals surface area contributed by atoms with E-state index < -0.39 is 62.7 Å². The molecule has 1 aliphatic heterocycles. The summed E-state index contributed by atoms with van der Waals surface area (Å²) in [6.07, 6.45) is -4.37. The van der Waals surface area contributed by atoms with Crippen molar-refractivity contribution in [2.24, 2.45) is 5.41 Å². The number of unbranched alkanes of at least 4 members (excludes halogenated alkanes) is 2. The molecule has 0 bridgehead atoms. The van der Waals surface area contributed by atoms with Crippen LogP contribution in [0.1, 0.15) is 88.5 Å². The molecule has 1 aliphatic carbocycles. The number of carbonyl (C=O) groups is 2. The summed E-state index contributed by atoms with van der Waals surface area (Å²) in [6, 6.07) is 35.1. The molecule has 4 aromatic carbocycles. The lowest BCUT2D eigenvalue weighted by Gasteiger charge is -2.45. The normalized spacial score (nSPS) is 20.1. The number of fused-ring (bicyclic) bond motifs is 3. The highest BCUT2D eigenvalue weighted by Crippen LogP contribution is 2.53. The standard InChI is InChI=1S/C48H59O12P/c1-6-8-28-56-61(51,57-29-9-7-2)60-45-44(59-46(49)48(3,4)5)43(53-31-35-22-14-11-15-23-35)42(52-30-34-20-12-10-13-21-34)41(58-45)33-55-47(50)54-32-40-38-26-18-16-24-36(38)37-25-17-19-27-39(37)40/h10-27,40-45H,6-9,28-33H2,1-5H3. The Kier molecular flexibility index (Phi) is 16.7. The maximum absolute atomic E-state index is 14.4. The van der Waals surface area contributed by atoms with Crippen molar-refractivity contribution in [2.75, 3.05) is 26.4 Å². The fraction of sp³-hybridized carbons (Fsp3) is 0.458. The van der Waals surface area contributed by atoms with Gasteiger partial charge in [-0.2, -0.15) is 0 Å². The Hall–Kier alpha value is -4.39. The van der Waals surface area contributed by atoms with E-state index in [0.717, 1.165) is 46.2 Å². The molecule has 2 aliphatic rings. The largest absolute Gasteiger partial charge is 0.508 e. The molecular weight excluding hydrogens is 799 g/mol. The minimum absolute atomic E-state index is 0.0407. The molecule has 5 unspecified atom stereocenters. The monoisotopic (exact) mass is 858 g/mol. The predicted octanol–water partition coefficient (Wildman–Crippen LogP) is 10.6. The van der Waals surface area contributed by atoms with Gasteiger partial charge in [0.05, 0.1) is 31.8 Å². The number of hydrogen-bond donors (Lipinski definition) is 0. The highest BCUT2D eigenvalue weighted by atomic mass is 31.2. The first-order chi connectivity index (χ1) is 29.5. The van der Waals surface area contributed by atoms with Crippen LogP contribution >= 0.6 is 7.82 Å². The fourth-order valence-electron chi connectivity index (χ4n) is 7.10. The molecular formula is C48H59O12P. The highest BCUT2D eigenvalue weighted by Gasteiger charge is 2.54. The summed E-state index contributed by atoms with van der Waals surface area (Å²) in [6.45, 7) is 9.11. The summed E-state index contributed by atoms with van der Waals surface area (Å²) in [4.78, 5) is 27.3. The number of esters is 1. The van der Waals surface area contributed by atoms with Crippen LogP contribution in [-0.2, 0) is 64.6 Å². The third-order valence-corrected chi connectivity index (χ3v) is 11.9. The average Bonchev–Trinajstić information content (AvgIpc) is 3.58. The van der Waals surface area contributed by atoms with Crippen molar-refractivity contribution < 1.29 is 56.1 Å². The smallest absolute Gasteiger partial charge is 0.454 e. The maximum Gasteiger partial charge on any atom is 0.508 e. The number of rotatable bonds is 21. The molecule has 0 N–H and O–H groups in total. The molecule has 61 heavy (non-hydrogen) atoms. The summed E-state index contributed by atoms with van der Waals surface area (Å²) in [5, 5.41) is 0. The zero-order chi connectivity index (χ0) is 43.2. The molecule has 0 aromatic heterocycles. The third kappa shape index (κ3) is 12.6. The van der Waals surface area contributed by atoms with E-state index in [-0.39, 0.29) is 39.0 Å². The van der Waals surface area contributed by atoms with Gasteiger partial charge in [0.15, 0.2) is 6.10 Å². The molecule has 1 heterocycles. The maximum atomic E-state index is 14.4. The number of ether oxygens (including phenoxy) is 6. The average molecular weight is 859 g/mol. The number of benzene rings is 4. The van der Waals surface area contributed by atoms with Crippen LogP contribution in [0.15, 0.2) is 109 Å². The minimum Gasteiger partial charge on any atom is -0.454 e. The summed E-state index contributed by atoms with van der Waals surface area (Å²) in [7, 11) is -4.34. The van der Waals surface area contributed by atoms with Gasteiger partial charge in [-0.15, -0.1) is 0 Å². The topological polar surface area (TPSA) is 134 Å². The molecule has 13 heteroatoms. The van der Waals surface area contributed by atoms with E-state index in [0.29, 0.717) is 12.8 Å². The molecule has 0 saturated carbocycles. The van der Waals surface area contributed by atoms with Gasteiger partial charge in [-0.05, 0) is 67.0 Å². The van der Waals surface area contributed by atoms with E-state index in [2.05, 4.69) is 12.1 Å². The Labute approximate surface area is 359 Å². The van der Waals surface area contributed by atoms with Crippen LogP contribution < -0.4 is 0 Å². The third-order valence-electron chi connectivity index (χ3n) is 10.4. The quantitative estimate of drug-likeness (QED) is 0.0448. The first kappa shape index (κ1) is 46.1. The molecule has 6 rings (SSSR count). The van der Waals surface area contributed by atoms with Crippen LogP contribution in [-0.4, -0.2) is 69.3 Å². The summed E-state index contributed by atoms with van der Waals surface area (Å²) in [5.41, 5.74) is 5.02. The van der Waals surface area contributed by atoms with Gasteiger partial charge in [-0.1, -0.05) is 136 Å². The number of phosphoric acid groups is 1. The van der Waals surface area contributed by atoms with Crippen molar-refractivity contribution in [3.63, 3.8) is 0 Å².